The minimum Gasteiger partial charge on any atom is -0.0622 e. The number of benzene rings is 9. The highest BCUT2D eigenvalue weighted by molar-refractivity contribution is 6.26. The molecule has 4 aliphatic carbocycles. The molecule has 2 bridgehead atoms. The second kappa shape index (κ2) is 11.6. The summed E-state index contributed by atoms with van der Waals surface area (Å²) in [6, 6.07) is 67.8. The monoisotopic (exact) mass is 718 g/mol. The van der Waals surface area contributed by atoms with E-state index in [2.05, 4.69) is 194 Å². The summed E-state index contributed by atoms with van der Waals surface area (Å²) < 4.78 is 0. The van der Waals surface area contributed by atoms with Crippen molar-refractivity contribution in [1.29, 1.82) is 0 Å². The molecule has 0 aromatic heterocycles. The number of hydrogen-bond donors (Lipinski definition) is 0. The van der Waals surface area contributed by atoms with Gasteiger partial charge in [0.15, 0.2) is 0 Å². The lowest BCUT2D eigenvalue weighted by Gasteiger charge is -2.16. The summed E-state index contributed by atoms with van der Waals surface area (Å²) in [4.78, 5) is 0. The number of fused-ring (bicyclic) bond motifs is 9. The van der Waals surface area contributed by atoms with E-state index in [0.717, 1.165) is 6.42 Å². The van der Waals surface area contributed by atoms with Gasteiger partial charge in [-0.05, 0) is 140 Å². The van der Waals surface area contributed by atoms with Gasteiger partial charge in [-0.15, -0.1) is 0 Å². The second-order valence-electron chi connectivity index (χ2n) is 15.8. The highest BCUT2D eigenvalue weighted by Gasteiger charge is 2.37. The molecule has 57 heavy (non-hydrogen) atoms. The maximum absolute atomic E-state index is 2.45. The van der Waals surface area contributed by atoms with Crippen LogP contribution in [0.2, 0.25) is 0 Å². The molecule has 0 aliphatic heterocycles. The van der Waals surface area contributed by atoms with Gasteiger partial charge in [0.25, 0.3) is 0 Å². The summed E-state index contributed by atoms with van der Waals surface area (Å²) in [6.45, 7) is 0. The summed E-state index contributed by atoms with van der Waals surface area (Å²) in [6.07, 6.45) is 5.79. The first-order chi connectivity index (χ1) is 28.3. The van der Waals surface area contributed by atoms with E-state index in [1.54, 1.807) is 0 Å². The van der Waals surface area contributed by atoms with E-state index in [0.29, 0.717) is 0 Å². The Bertz CT molecular complexity index is 3180. The van der Waals surface area contributed by atoms with Gasteiger partial charge in [-0.1, -0.05) is 194 Å². The Morgan fingerprint density at radius 3 is 1.12 bits per heavy atom. The molecule has 9 aromatic carbocycles. The fourth-order valence-corrected chi connectivity index (χ4v) is 10.7. The minimum absolute atomic E-state index is 0.893. The lowest BCUT2D eigenvalue weighted by Crippen LogP contribution is -1.95. The van der Waals surface area contributed by atoms with E-state index in [-0.39, 0.29) is 0 Å². The Morgan fingerprint density at radius 2 is 0.614 bits per heavy atom. The lowest BCUT2D eigenvalue weighted by molar-refractivity contribution is 1.30. The van der Waals surface area contributed by atoms with Gasteiger partial charge < -0.3 is 0 Å². The maximum atomic E-state index is 2.45. The predicted molar refractivity (Wildman–Crippen MR) is 240 cm³/mol. The molecule has 0 atom stereocenters. The first-order valence-corrected chi connectivity index (χ1v) is 20.1. The zero-order valence-corrected chi connectivity index (χ0v) is 31.2. The van der Waals surface area contributed by atoms with Gasteiger partial charge in [-0.25, -0.2) is 0 Å². The summed E-state index contributed by atoms with van der Waals surface area (Å²) in [5.41, 5.74) is 29.2. The topological polar surface area (TPSA) is 0 Å². The normalized spacial score (nSPS) is 13.4. The molecule has 0 heteroatoms. The van der Waals surface area contributed by atoms with Gasteiger partial charge >= 0.3 is 0 Å². The number of rotatable bonds is 4. The first-order valence-electron chi connectivity index (χ1n) is 20.1. The highest BCUT2D eigenvalue weighted by Crippen LogP contribution is 2.61. The third-order valence-corrected chi connectivity index (χ3v) is 13.0. The van der Waals surface area contributed by atoms with Crippen molar-refractivity contribution in [3.05, 3.63) is 216 Å². The SMILES string of the molecule is C1=C2c3c(ccc4c3CC(=C1)c1ccc3c5c(ccc-4c15)-c1c(-c4ccccc4)ccc(-c4ccccc4)c1-3)-c1c(-c3ccccc3)ccc(-c3ccccc3)c12. The average molecular weight is 719 g/mol. The molecular weight excluding hydrogens is 685 g/mol. The van der Waals surface area contributed by atoms with Crippen LogP contribution in [0, 0.1) is 0 Å². The Labute approximate surface area is 332 Å². The zero-order chi connectivity index (χ0) is 37.2. The largest absolute Gasteiger partial charge is 0.0622 e. The molecular formula is C57H34. The van der Waals surface area contributed by atoms with Gasteiger partial charge in [-0.3, -0.25) is 0 Å². The van der Waals surface area contributed by atoms with E-state index in [1.807, 2.05) is 0 Å². The molecule has 0 nitrogen and oxygen atoms in total. The van der Waals surface area contributed by atoms with Crippen molar-refractivity contribution < 1.29 is 0 Å². The van der Waals surface area contributed by atoms with Crippen LogP contribution < -0.4 is 0 Å². The highest BCUT2D eigenvalue weighted by atomic mass is 14.4. The van der Waals surface area contributed by atoms with Crippen molar-refractivity contribution in [2.75, 3.05) is 0 Å². The Hall–Kier alpha value is -7.28. The first kappa shape index (κ1) is 31.0. The van der Waals surface area contributed by atoms with Gasteiger partial charge in [0.2, 0.25) is 0 Å². The average Bonchev–Trinajstić information content (AvgIpc) is 3.66. The van der Waals surface area contributed by atoms with Crippen LogP contribution in [0.25, 0.3) is 111 Å². The summed E-state index contributed by atoms with van der Waals surface area (Å²) in [7, 11) is 0. The van der Waals surface area contributed by atoms with Crippen LogP contribution in [0.1, 0.15) is 22.3 Å². The number of hydrogen-bond acceptors (Lipinski definition) is 0. The standard InChI is InChI=1S/C57H34/c1-5-13-34(14-6-1)39-23-24-40(35-15-7-2-8-16-35)54-47-31-28-44-45-29-32-49-56-42(37-19-11-4-12-20-37)26-25-41(36-17-9-3-10-18-36)55(56)48-30-27-43(52(45)57(48)49)38-21-22-46(53(39)54)51(47)50(44)33-38/h1-32H,33H2. The van der Waals surface area contributed by atoms with Crippen molar-refractivity contribution in [3.8, 4) is 89.0 Å². The Balaban J connectivity index is 1.10. The summed E-state index contributed by atoms with van der Waals surface area (Å²) in [5, 5.41) is 2.76. The summed E-state index contributed by atoms with van der Waals surface area (Å²) in [5.74, 6) is 0. The van der Waals surface area contributed by atoms with Gasteiger partial charge in [0.05, 0.1) is 0 Å². The molecule has 0 N–H and O–H groups in total. The van der Waals surface area contributed by atoms with Crippen molar-refractivity contribution in [2.45, 2.75) is 6.42 Å². The smallest absolute Gasteiger partial charge is 0.000705 e. The quantitative estimate of drug-likeness (QED) is 0.170. The predicted octanol–water partition coefficient (Wildman–Crippen LogP) is 15.2. The molecule has 13 rings (SSSR count). The van der Waals surface area contributed by atoms with Crippen LogP contribution in [0.3, 0.4) is 0 Å². The van der Waals surface area contributed by atoms with Crippen molar-refractivity contribution >= 4 is 21.9 Å². The molecule has 9 aromatic rings. The number of allylic oxidation sites excluding steroid dienone is 3. The maximum Gasteiger partial charge on any atom is -0.000705 e. The van der Waals surface area contributed by atoms with Crippen LogP contribution in [-0.4, -0.2) is 0 Å². The molecule has 0 saturated heterocycles. The van der Waals surface area contributed by atoms with Gasteiger partial charge in [0, 0.05) is 0 Å². The molecule has 0 spiro atoms. The van der Waals surface area contributed by atoms with Crippen LogP contribution in [0.15, 0.2) is 194 Å². The fourth-order valence-electron chi connectivity index (χ4n) is 10.7. The molecule has 4 aliphatic rings. The second-order valence-corrected chi connectivity index (χ2v) is 15.8. The van der Waals surface area contributed by atoms with Crippen molar-refractivity contribution in [1.82, 2.24) is 0 Å². The molecule has 0 saturated carbocycles. The molecule has 0 heterocycles. The van der Waals surface area contributed by atoms with E-state index < -0.39 is 0 Å². The zero-order valence-electron chi connectivity index (χ0n) is 31.2. The molecule has 262 valence electrons. The Kier molecular flexibility index (Phi) is 6.31. The lowest BCUT2D eigenvalue weighted by atomic mass is 9.87. The minimum atomic E-state index is 0.893. The molecule has 0 unspecified atom stereocenters. The van der Waals surface area contributed by atoms with Gasteiger partial charge in [0.1, 0.15) is 0 Å². The van der Waals surface area contributed by atoms with Crippen LogP contribution in [0.5, 0.6) is 0 Å². The van der Waals surface area contributed by atoms with E-state index in [9.17, 15) is 0 Å². The third kappa shape index (κ3) is 4.22. The Morgan fingerprint density at radius 1 is 0.246 bits per heavy atom. The fraction of sp³-hybridized carbons (Fsp3) is 0.0175. The molecule has 0 radical (unpaired) electrons. The molecule has 0 amide bonds. The van der Waals surface area contributed by atoms with Gasteiger partial charge in [-0.2, -0.15) is 0 Å². The van der Waals surface area contributed by atoms with E-state index in [1.165, 1.54) is 133 Å². The van der Waals surface area contributed by atoms with Crippen molar-refractivity contribution in [3.63, 3.8) is 0 Å². The molecule has 0 fully saturated rings. The van der Waals surface area contributed by atoms with E-state index >= 15 is 0 Å². The van der Waals surface area contributed by atoms with Crippen LogP contribution >= 0.6 is 0 Å². The van der Waals surface area contributed by atoms with E-state index in [4.69, 9.17) is 0 Å². The third-order valence-electron chi connectivity index (χ3n) is 13.0. The van der Waals surface area contributed by atoms with Crippen molar-refractivity contribution in [2.24, 2.45) is 0 Å². The summed E-state index contributed by atoms with van der Waals surface area (Å²) >= 11 is 0. The van der Waals surface area contributed by atoms with Crippen LogP contribution in [0.4, 0.5) is 0 Å². The van der Waals surface area contributed by atoms with Crippen LogP contribution in [-0.2, 0) is 6.42 Å².